The Morgan fingerprint density at radius 2 is 1.23 bits per heavy atom. The second kappa shape index (κ2) is 13.3. The summed E-state index contributed by atoms with van der Waals surface area (Å²) in [6.07, 6.45) is 0.0496. The lowest BCUT2D eigenvalue weighted by molar-refractivity contribution is -0.386. The zero-order valence-electron chi connectivity index (χ0n) is 21.0. The Hall–Kier alpha value is -3.90. The van der Waals surface area contributed by atoms with Crippen molar-refractivity contribution in [3.63, 3.8) is 0 Å². The molecule has 1 N–H and O–H groups in total. The second-order valence-electron chi connectivity index (χ2n) is 8.54. The zero-order valence-corrected chi connectivity index (χ0v) is 22.6. The number of aryl methyl sites for hydroxylation is 1. The topological polar surface area (TPSA) is 141 Å². The van der Waals surface area contributed by atoms with Gasteiger partial charge in [0.1, 0.15) is 10.6 Å². The number of nitrogens with zero attached hydrogens (tertiary/aromatic N) is 1. The largest absolute Gasteiger partial charge is 0.295 e. The maximum Gasteiger partial charge on any atom is 0.295 e. The van der Waals surface area contributed by atoms with E-state index in [-0.39, 0.29) is 30.0 Å². The highest BCUT2D eigenvalue weighted by Gasteiger charge is 2.26. The Morgan fingerprint density at radius 1 is 0.744 bits per heavy atom. The Kier molecular flexibility index (Phi) is 10.1. The van der Waals surface area contributed by atoms with E-state index < -0.39 is 30.1 Å². The summed E-state index contributed by atoms with van der Waals surface area (Å²) >= 11 is 0. The highest BCUT2D eigenvalue weighted by Crippen LogP contribution is 2.31. The zero-order chi connectivity index (χ0) is 28.5. The lowest BCUT2D eigenvalue weighted by atomic mass is 10.0. The molecule has 0 unspecified atom stereocenters. The van der Waals surface area contributed by atoms with Gasteiger partial charge in [-0.25, -0.2) is 0 Å². The Labute approximate surface area is 227 Å². The molecule has 0 saturated heterocycles. The molecule has 0 bridgehead atoms. The first-order valence-electron chi connectivity index (χ1n) is 11.7. The maximum absolute atomic E-state index is 11.8. The standard InChI is InChI=1S/C14H13NO5S.C14H14O3S/c1-10-7-8-13(21(18,19)20)12(14(10)15(16)17)9-11-5-3-2-4-6-11;15-18(16,12-14-9-5-2-6-10-14)17-11-13-7-3-1-4-8-13/h2-8H,9H2,1H3,(H,18,19,20);1-10H,11-12H2. The summed E-state index contributed by atoms with van der Waals surface area (Å²) in [5.41, 5.74) is 2.34. The molecule has 4 aromatic rings. The maximum atomic E-state index is 11.8. The van der Waals surface area contributed by atoms with Gasteiger partial charge in [0.15, 0.2) is 0 Å². The molecule has 39 heavy (non-hydrogen) atoms. The number of hydrogen-bond acceptors (Lipinski definition) is 7. The molecule has 0 saturated carbocycles. The molecule has 0 aliphatic rings. The van der Waals surface area contributed by atoms with Crippen molar-refractivity contribution in [2.75, 3.05) is 0 Å². The molecule has 4 aromatic carbocycles. The number of hydrogen-bond donors (Lipinski definition) is 1. The molecule has 0 aliphatic carbocycles. The van der Waals surface area contributed by atoms with Crippen molar-refractivity contribution >= 4 is 25.9 Å². The first kappa shape index (κ1) is 29.7. The third-order valence-electron chi connectivity index (χ3n) is 5.56. The van der Waals surface area contributed by atoms with Crippen molar-refractivity contribution in [1.29, 1.82) is 0 Å². The van der Waals surface area contributed by atoms with Crippen LogP contribution in [0.25, 0.3) is 0 Å². The normalized spacial score (nSPS) is 11.3. The SMILES string of the molecule is Cc1ccc(S(=O)(=O)O)c(Cc2ccccc2)c1[N+](=O)[O-].O=S(=O)(Cc1ccccc1)OCc1ccccc1. The molecule has 0 heterocycles. The predicted molar refractivity (Wildman–Crippen MR) is 147 cm³/mol. The highest BCUT2D eigenvalue weighted by atomic mass is 32.2. The molecule has 0 amide bonds. The third-order valence-corrected chi connectivity index (χ3v) is 7.66. The van der Waals surface area contributed by atoms with Crippen molar-refractivity contribution in [1.82, 2.24) is 0 Å². The van der Waals surface area contributed by atoms with E-state index in [2.05, 4.69) is 0 Å². The van der Waals surface area contributed by atoms with E-state index in [4.69, 9.17) is 4.18 Å². The van der Waals surface area contributed by atoms with E-state index in [1.165, 1.54) is 19.1 Å². The fraction of sp³-hybridized carbons (Fsp3) is 0.143. The molecular formula is C28H27NO8S2. The van der Waals surface area contributed by atoms with Gasteiger partial charge in [-0.3, -0.25) is 18.9 Å². The van der Waals surface area contributed by atoms with Gasteiger partial charge in [0.25, 0.3) is 25.9 Å². The van der Waals surface area contributed by atoms with Crippen molar-refractivity contribution < 1.29 is 30.5 Å². The Morgan fingerprint density at radius 3 is 1.72 bits per heavy atom. The average Bonchev–Trinajstić information content (AvgIpc) is 2.89. The fourth-order valence-corrected chi connectivity index (χ4v) is 5.47. The van der Waals surface area contributed by atoms with Crippen LogP contribution < -0.4 is 0 Å². The molecule has 0 atom stereocenters. The van der Waals surface area contributed by atoms with Gasteiger partial charge in [0.2, 0.25) is 0 Å². The minimum Gasteiger partial charge on any atom is -0.282 e. The van der Waals surface area contributed by atoms with Crippen LogP contribution >= 0.6 is 0 Å². The van der Waals surface area contributed by atoms with Crippen LogP contribution in [0.4, 0.5) is 5.69 Å². The van der Waals surface area contributed by atoms with Crippen LogP contribution in [0.15, 0.2) is 108 Å². The van der Waals surface area contributed by atoms with E-state index >= 15 is 0 Å². The van der Waals surface area contributed by atoms with E-state index in [1.54, 1.807) is 42.5 Å². The molecule has 204 valence electrons. The van der Waals surface area contributed by atoms with Crippen LogP contribution in [0.1, 0.15) is 27.8 Å². The molecule has 0 aromatic heterocycles. The van der Waals surface area contributed by atoms with E-state index in [0.717, 1.165) is 16.7 Å². The van der Waals surface area contributed by atoms with Gasteiger partial charge in [-0.15, -0.1) is 0 Å². The summed E-state index contributed by atoms with van der Waals surface area (Å²) < 4.78 is 60.7. The first-order chi connectivity index (χ1) is 18.5. The summed E-state index contributed by atoms with van der Waals surface area (Å²) in [5.74, 6) is -0.0966. The summed E-state index contributed by atoms with van der Waals surface area (Å²) in [4.78, 5) is 10.2. The van der Waals surface area contributed by atoms with E-state index in [9.17, 15) is 31.5 Å². The number of nitro benzene ring substituents is 1. The fourth-order valence-electron chi connectivity index (χ4n) is 3.75. The van der Waals surface area contributed by atoms with Gasteiger partial charge in [-0.05, 0) is 29.7 Å². The summed E-state index contributed by atoms with van der Waals surface area (Å²) in [7, 11) is -8.06. The van der Waals surface area contributed by atoms with Crippen LogP contribution in [0, 0.1) is 17.0 Å². The van der Waals surface area contributed by atoms with Gasteiger partial charge in [-0.1, -0.05) is 97.1 Å². The first-order valence-corrected chi connectivity index (χ1v) is 14.7. The molecule has 11 heteroatoms. The number of benzene rings is 4. The molecular weight excluding hydrogens is 542 g/mol. The van der Waals surface area contributed by atoms with Gasteiger partial charge in [-0.2, -0.15) is 16.8 Å². The minimum absolute atomic E-state index is 0.00583. The molecule has 4 rings (SSSR count). The average molecular weight is 570 g/mol. The molecule has 0 radical (unpaired) electrons. The minimum atomic E-state index is -4.53. The lowest BCUT2D eigenvalue weighted by Crippen LogP contribution is -2.08. The van der Waals surface area contributed by atoms with Crippen molar-refractivity contribution in [3.05, 3.63) is 141 Å². The van der Waals surface area contributed by atoms with E-state index in [1.807, 2.05) is 48.5 Å². The summed E-state index contributed by atoms with van der Waals surface area (Å²) in [6.45, 7) is 1.61. The second-order valence-corrected chi connectivity index (χ2v) is 11.6. The quantitative estimate of drug-likeness (QED) is 0.121. The van der Waals surface area contributed by atoms with Gasteiger partial charge >= 0.3 is 0 Å². The smallest absolute Gasteiger partial charge is 0.282 e. The van der Waals surface area contributed by atoms with Crippen molar-refractivity contribution in [2.45, 2.75) is 30.6 Å². The van der Waals surface area contributed by atoms with Crippen LogP contribution in [0.3, 0.4) is 0 Å². The number of nitro groups is 1. The van der Waals surface area contributed by atoms with Crippen LogP contribution in [-0.4, -0.2) is 26.3 Å². The van der Waals surface area contributed by atoms with Crippen LogP contribution in [-0.2, 0) is 43.2 Å². The summed E-state index contributed by atoms with van der Waals surface area (Å²) in [5, 5.41) is 11.2. The Balaban J connectivity index is 0.000000218. The molecule has 9 nitrogen and oxygen atoms in total. The molecule has 0 spiro atoms. The Bertz CT molecular complexity index is 1610. The van der Waals surface area contributed by atoms with E-state index in [0.29, 0.717) is 5.56 Å². The molecule has 0 fully saturated rings. The predicted octanol–water partition coefficient (Wildman–Crippen LogP) is 5.47. The molecule has 0 aliphatic heterocycles. The van der Waals surface area contributed by atoms with Gasteiger partial charge in [0, 0.05) is 12.0 Å². The van der Waals surface area contributed by atoms with Crippen molar-refractivity contribution in [3.8, 4) is 0 Å². The highest BCUT2D eigenvalue weighted by molar-refractivity contribution is 7.86. The lowest BCUT2D eigenvalue weighted by Gasteiger charge is -2.10. The van der Waals surface area contributed by atoms with Gasteiger partial charge in [0.05, 0.1) is 17.1 Å². The van der Waals surface area contributed by atoms with Crippen LogP contribution in [0.5, 0.6) is 0 Å². The monoisotopic (exact) mass is 569 g/mol. The third kappa shape index (κ3) is 9.11. The number of rotatable bonds is 9. The van der Waals surface area contributed by atoms with Gasteiger partial charge < -0.3 is 0 Å². The van der Waals surface area contributed by atoms with Crippen LogP contribution in [0.2, 0.25) is 0 Å². The van der Waals surface area contributed by atoms with Crippen molar-refractivity contribution in [2.24, 2.45) is 0 Å². The summed E-state index contributed by atoms with van der Waals surface area (Å²) in [6, 6.07) is 29.5.